The van der Waals surface area contributed by atoms with E-state index in [0.717, 1.165) is 17.8 Å². The minimum atomic E-state index is 0.472. The van der Waals surface area contributed by atoms with Gasteiger partial charge >= 0.3 is 0 Å². The molecule has 88 valence electrons. The Morgan fingerprint density at radius 3 is 2.73 bits per heavy atom. The van der Waals surface area contributed by atoms with Gasteiger partial charge in [-0.1, -0.05) is 26.7 Å². The summed E-state index contributed by atoms with van der Waals surface area (Å²) in [5, 5.41) is 3.81. The minimum Gasteiger partial charge on any atom is -0.312 e. The quantitative estimate of drug-likeness (QED) is 0.682. The maximum Gasteiger partial charge on any atom is 0.0156 e. The van der Waals surface area contributed by atoms with Crippen molar-refractivity contribution >= 4 is 0 Å². The highest BCUT2D eigenvalue weighted by Gasteiger charge is 2.52. The van der Waals surface area contributed by atoms with Crippen LogP contribution in [0.5, 0.6) is 0 Å². The minimum absolute atomic E-state index is 0.472. The lowest BCUT2D eigenvalue weighted by molar-refractivity contribution is 0.243. The first-order valence-electron chi connectivity index (χ1n) is 6.91. The van der Waals surface area contributed by atoms with E-state index < -0.39 is 0 Å². The SMILES string of the molecule is CCCCCNC1(C)CCC2C(C)C2C1. The normalized spacial score (nSPS) is 43.8. The fourth-order valence-electron chi connectivity index (χ4n) is 3.48. The van der Waals surface area contributed by atoms with Gasteiger partial charge in [-0.3, -0.25) is 0 Å². The van der Waals surface area contributed by atoms with Crippen LogP contribution in [0.25, 0.3) is 0 Å². The molecule has 2 fully saturated rings. The number of nitrogens with one attached hydrogen (secondary N) is 1. The Bertz CT molecular complexity index is 213. The third-order valence-corrected chi connectivity index (χ3v) is 4.81. The molecule has 4 unspecified atom stereocenters. The maximum atomic E-state index is 3.81. The van der Waals surface area contributed by atoms with E-state index in [9.17, 15) is 0 Å². The van der Waals surface area contributed by atoms with Gasteiger partial charge in [0.2, 0.25) is 0 Å². The largest absolute Gasteiger partial charge is 0.312 e. The molecule has 0 saturated heterocycles. The lowest BCUT2D eigenvalue weighted by Gasteiger charge is -2.34. The first kappa shape index (κ1) is 11.4. The maximum absolute atomic E-state index is 3.81. The molecule has 0 radical (unpaired) electrons. The summed E-state index contributed by atoms with van der Waals surface area (Å²) in [4.78, 5) is 0. The van der Waals surface area contributed by atoms with E-state index in [1.165, 1.54) is 45.1 Å². The zero-order valence-corrected chi connectivity index (χ0v) is 10.7. The van der Waals surface area contributed by atoms with Crippen molar-refractivity contribution in [2.75, 3.05) is 6.54 Å². The van der Waals surface area contributed by atoms with Crippen molar-refractivity contribution in [1.29, 1.82) is 0 Å². The third kappa shape index (κ3) is 2.55. The molecular weight excluding hydrogens is 182 g/mol. The molecule has 2 aliphatic carbocycles. The van der Waals surface area contributed by atoms with Gasteiger partial charge in [0.15, 0.2) is 0 Å². The van der Waals surface area contributed by atoms with Crippen LogP contribution in [0.3, 0.4) is 0 Å². The summed E-state index contributed by atoms with van der Waals surface area (Å²) in [5.74, 6) is 3.18. The van der Waals surface area contributed by atoms with Gasteiger partial charge in [0.05, 0.1) is 0 Å². The van der Waals surface area contributed by atoms with Crippen molar-refractivity contribution in [1.82, 2.24) is 5.32 Å². The van der Waals surface area contributed by atoms with E-state index >= 15 is 0 Å². The van der Waals surface area contributed by atoms with Gasteiger partial charge in [0, 0.05) is 5.54 Å². The molecule has 0 aromatic heterocycles. The second-order valence-electron chi connectivity index (χ2n) is 6.12. The Labute approximate surface area is 95.0 Å². The van der Waals surface area contributed by atoms with Crippen LogP contribution in [0.4, 0.5) is 0 Å². The Hall–Kier alpha value is -0.0400. The number of rotatable bonds is 5. The summed E-state index contributed by atoms with van der Waals surface area (Å²) in [6, 6.07) is 0. The predicted molar refractivity (Wildman–Crippen MR) is 65.9 cm³/mol. The highest BCUT2D eigenvalue weighted by molar-refractivity contribution is 5.05. The fraction of sp³-hybridized carbons (Fsp3) is 1.00. The van der Waals surface area contributed by atoms with Gasteiger partial charge in [0.1, 0.15) is 0 Å². The Kier molecular flexibility index (Phi) is 3.39. The first-order valence-corrected chi connectivity index (χ1v) is 6.91. The number of fused-ring (bicyclic) bond motifs is 1. The summed E-state index contributed by atoms with van der Waals surface area (Å²) in [7, 11) is 0. The van der Waals surface area contributed by atoms with Crippen molar-refractivity contribution in [3.05, 3.63) is 0 Å². The van der Waals surface area contributed by atoms with Gasteiger partial charge < -0.3 is 5.32 Å². The second-order valence-corrected chi connectivity index (χ2v) is 6.12. The van der Waals surface area contributed by atoms with Crippen molar-refractivity contribution in [2.45, 2.75) is 64.8 Å². The highest BCUT2D eigenvalue weighted by atomic mass is 15.0. The summed E-state index contributed by atoms with van der Waals surface area (Å²) in [6.07, 6.45) is 8.39. The van der Waals surface area contributed by atoms with Gasteiger partial charge in [-0.15, -0.1) is 0 Å². The average molecular weight is 209 g/mol. The molecule has 0 aromatic carbocycles. The van der Waals surface area contributed by atoms with E-state index in [1.807, 2.05) is 0 Å². The molecule has 0 spiro atoms. The van der Waals surface area contributed by atoms with E-state index in [1.54, 1.807) is 0 Å². The fourth-order valence-corrected chi connectivity index (χ4v) is 3.48. The third-order valence-electron chi connectivity index (χ3n) is 4.81. The van der Waals surface area contributed by atoms with E-state index in [4.69, 9.17) is 0 Å². The molecule has 0 bridgehead atoms. The zero-order chi connectivity index (χ0) is 10.9. The molecule has 2 rings (SSSR count). The summed E-state index contributed by atoms with van der Waals surface area (Å²) in [6.45, 7) is 8.40. The van der Waals surface area contributed by atoms with Gasteiger partial charge in [-0.25, -0.2) is 0 Å². The van der Waals surface area contributed by atoms with Crippen LogP contribution in [0.2, 0.25) is 0 Å². The second kappa shape index (κ2) is 4.45. The van der Waals surface area contributed by atoms with Crippen LogP contribution < -0.4 is 5.32 Å². The van der Waals surface area contributed by atoms with Crippen molar-refractivity contribution in [3.63, 3.8) is 0 Å². The topological polar surface area (TPSA) is 12.0 Å². The van der Waals surface area contributed by atoms with E-state index in [0.29, 0.717) is 5.54 Å². The molecule has 0 amide bonds. The average Bonchev–Trinajstić information content (AvgIpc) is 2.84. The molecular formula is C14H27N. The summed E-state index contributed by atoms with van der Waals surface area (Å²) < 4.78 is 0. The van der Waals surface area contributed by atoms with Crippen LogP contribution in [0, 0.1) is 17.8 Å². The van der Waals surface area contributed by atoms with E-state index in [-0.39, 0.29) is 0 Å². The van der Waals surface area contributed by atoms with E-state index in [2.05, 4.69) is 26.1 Å². The molecule has 1 N–H and O–H groups in total. The first-order chi connectivity index (χ1) is 7.16. The van der Waals surface area contributed by atoms with Crippen molar-refractivity contribution in [3.8, 4) is 0 Å². The molecule has 2 aliphatic rings. The van der Waals surface area contributed by atoms with Crippen molar-refractivity contribution < 1.29 is 0 Å². The van der Waals surface area contributed by atoms with Crippen LogP contribution in [-0.2, 0) is 0 Å². The Balaban J connectivity index is 1.71. The molecule has 0 aliphatic heterocycles. The Morgan fingerprint density at radius 2 is 2.07 bits per heavy atom. The predicted octanol–water partition coefficient (Wildman–Crippen LogP) is 3.59. The van der Waals surface area contributed by atoms with Crippen LogP contribution >= 0.6 is 0 Å². The van der Waals surface area contributed by atoms with Crippen LogP contribution in [-0.4, -0.2) is 12.1 Å². The molecule has 4 atom stereocenters. The molecule has 15 heavy (non-hydrogen) atoms. The van der Waals surface area contributed by atoms with Crippen LogP contribution in [0.1, 0.15) is 59.3 Å². The lowest BCUT2D eigenvalue weighted by atomic mass is 9.83. The standard InChI is InChI=1S/C14H27N/c1-4-5-6-9-15-14(3)8-7-12-11(2)13(12)10-14/h11-13,15H,4-10H2,1-3H3. The lowest BCUT2D eigenvalue weighted by Crippen LogP contribution is -2.44. The molecule has 0 heterocycles. The Morgan fingerprint density at radius 1 is 1.27 bits per heavy atom. The molecule has 1 nitrogen and oxygen atoms in total. The number of hydrogen-bond donors (Lipinski definition) is 1. The number of unbranched alkanes of at least 4 members (excludes halogenated alkanes) is 2. The molecule has 0 aromatic rings. The number of hydrogen-bond acceptors (Lipinski definition) is 1. The smallest absolute Gasteiger partial charge is 0.0156 e. The molecule has 1 heteroatoms. The van der Waals surface area contributed by atoms with Gasteiger partial charge in [-0.05, 0) is 56.9 Å². The monoisotopic (exact) mass is 209 g/mol. The molecule has 2 saturated carbocycles. The van der Waals surface area contributed by atoms with Crippen molar-refractivity contribution in [2.24, 2.45) is 17.8 Å². The zero-order valence-electron chi connectivity index (χ0n) is 10.7. The van der Waals surface area contributed by atoms with Gasteiger partial charge in [-0.2, -0.15) is 0 Å². The highest BCUT2D eigenvalue weighted by Crippen LogP contribution is 2.57. The van der Waals surface area contributed by atoms with Gasteiger partial charge in [0.25, 0.3) is 0 Å². The summed E-state index contributed by atoms with van der Waals surface area (Å²) >= 11 is 0. The summed E-state index contributed by atoms with van der Waals surface area (Å²) in [5.41, 5.74) is 0.472. The van der Waals surface area contributed by atoms with Crippen LogP contribution in [0.15, 0.2) is 0 Å².